The quantitative estimate of drug-likeness (QED) is 0.418. The topological polar surface area (TPSA) is 116 Å². The van der Waals surface area contributed by atoms with Gasteiger partial charge in [-0.3, -0.25) is 9.69 Å². The average Bonchev–Trinajstić information content (AvgIpc) is 3.26. The number of alkyl halides is 4. The Balaban J connectivity index is 1.70. The number of amides is 2. The van der Waals surface area contributed by atoms with Crippen LogP contribution in [0.4, 0.5) is 22.4 Å². The van der Waals surface area contributed by atoms with Crippen LogP contribution in [0.1, 0.15) is 59.8 Å². The third kappa shape index (κ3) is 7.99. The van der Waals surface area contributed by atoms with Gasteiger partial charge in [0.25, 0.3) is 0 Å². The van der Waals surface area contributed by atoms with Crippen molar-refractivity contribution >= 4 is 22.0 Å². The number of hydrogen-bond acceptors (Lipinski definition) is 5. The highest BCUT2D eigenvalue weighted by Gasteiger charge is 2.46. The number of nitrogens with zero attached hydrogens (tertiary/aromatic N) is 2. The van der Waals surface area contributed by atoms with Crippen molar-refractivity contribution in [2.24, 2.45) is 11.8 Å². The van der Waals surface area contributed by atoms with E-state index >= 15 is 0 Å². The minimum Gasteiger partial charge on any atom is -0.465 e. The van der Waals surface area contributed by atoms with E-state index in [-0.39, 0.29) is 30.3 Å². The van der Waals surface area contributed by atoms with Crippen molar-refractivity contribution in [2.45, 2.75) is 94.9 Å². The van der Waals surface area contributed by atoms with Crippen molar-refractivity contribution in [1.29, 1.82) is 0 Å². The molecule has 1 saturated carbocycles. The molecule has 1 saturated heterocycles. The van der Waals surface area contributed by atoms with E-state index in [0.717, 1.165) is 29.2 Å². The van der Waals surface area contributed by atoms with Crippen molar-refractivity contribution in [3.05, 3.63) is 24.3 Å². The molecule has 0 unspecified atom stereocenters. The summed E-state index contributed by atoms with van der Waals surface area (Å²) >= 11 is 0. The molecule has 14 heteroatoms. The monoisotopic (exact) mass is 595 g/mol. The predicted octanol–water partition coefficient (Wildman–Crippen LogP) is 4.78. The Morgan fingerprint density at radius 2 is 1.65 bits per heavy atom. The first-order valence-corrected chi connectivity index (χ1v) is 14.7. The van der Waals surface area contributed by atoms with Gasteiger partial charge in [0.1, 0.15) is 18.0 Å². The highest BCUT2D eigenvalue weighted by molar-refractivity contribution is 7.89. The number of sulfonamides is 1. The maximum atomic E-state index is 13.9. The number of likely N-dealkylation sites (tertiary alicyclic amines) is 1. The molecule has 0 radical (unpaired) electrons. The molecule has 2 fully saturated rings. The van der Waals surface area contributed by atoms with Crippen LogP contribution in [0.3, 0.4) is 0 Å². The number of halogens is 4. The van der Waals surface area contributed by atoms with Gasteiger partial charge in [-0.25, -0.2) is 22.3 Å². The van der Waals surface area contributed by atoms with E-state index in [2.05, 4.69) is 9.46 Å². The first-order valence-electron chi connectivity index (χ1n) is 13.2. The summed E-state index contributed by atoms with van der Waals surface area (Å²) in [7, 11) is -4.02. The summed E-state index contributed by atoms with van der Waals surface area (Å²) in [5.41, 5.74) is -0.900. The minimum absolute atomic E-state index is 0.0719. The van der Waals surface area contributed by atoms with E-state index in [0.29, 0.717) is 25.7 Å². The van der Waals surface area contributed by atoms with E-state index < -0.39 is 63.8 Å². The minimum atomic E-state index is -4.89. The highest BCUT2D eigenvalue weighted by atomic mass is 32.2. The Labute approximate surface area is 231 Å². The SMILES string of the molecule is C[C@@H](C1CCC(NS(=O)(=O)c2ccc(OC(F)(F)F)cc2)CC1)[C@@H](C(=O)N1CC[C@H](F)C1)N(C(=O)O)C(C)(C)C. The summed E-state index contributed by atoms with van der Waals surface area (Å²) in [5, 5.41) is 10.1. The predicted molar refractivity (Wildman–Crippen MR) is 138 cm³/mol. The average molecular weight is 596 g/mol. The summed E-state index contributed by atoms with van der Waals surface area (Å²) in [4.78, 5) is 28.2. The maximum absolute atomic E-state index is 13.9. The molecule has 1 aromatic carbocycles. The molecule has 0 spiro atoms. The fourth-order valence-corrected chi connectivity index (χ4v) is 6.93. The third-order valence-corrected chi connectivity index (χ3v) is 9.14. The molecular formula is C26H37F4N3O6S. The van der Waals surface area contributed by atoms with Gasteiger partial charge in [0.15, 0.2) is 0 Å². The summed E-state index contributed by atoms with van der Waals surface area (Å²) in [6.07, 6.45) is -5.21. The maximum Gasteiger partial charge on any atom is 0.573 e. The summed E-state index contributed by atoms with van der Waals surface area (Å²) in [6.45, 7) is 7.06. The number of carboxylic acid groups (broad SMARTS) is 1. The fraction of sp³-hybridized carbons (Fsp3) is 0.692. The smallest absolute Gasteiger partial charge is 0.465 e. The second-order valence-corrected chi connectivity index (χ2v) is 13.3. The number of ether oxygens (including phenoxy) is 1. The van der Waals surface area contributed by atoms with Crippen molar-refractivity contribution in [3.8, 4) is 5.75 Å². The zero-order valence-corrected chi connectivity index (χ0v) is 23.8. The van der Waals surface area contributed by atoms with Crippen LogP contribution in [-0.4, -0.2) is 78.6 Å². The van der Waals surface area contributed by atoms with Gasteiger partial charge in [0, 0.05) is 18.1 Å². The van der Waals surface area contributed by atoms with Crippen LogP contribution >= 0.6 is 0 Å². The van der Waals surface area contributed by atoms with Crippen molar-refractivity contribution < 1.29 is 45.4 Å². The van der Waals surface area contributed by atoms with Crippen molar-refractivity contribution in [3.63, 3.8) is 0 Å². The van der Waals surface area contributed by atoms with Gasteiger partial charge in [0.2, 0.25) is 15.9 Å². The van der Waals surface area contributed by atoms with Crippen LogP contribution in [-0.2, 0) is 14.8 Å². The first-order chi connectivity index (χ1) is 18.4. The van der Waals surface area contributed by atoms with E-state index in [1.165, 1.54) is 4.90 Å². The van der Waals surface area contributed by atoms with Gasteiger partial charge in [-0.2, -0.15) is 0 Å². The molecule has 226 valence electrons. The van der Waals surface area contributed by atoms with Crippen molar-refractivity contribution in [1.82, 2.24) is 14.5 Å². The Kier molecular flexibility index (Phi) is 9.65. The molecule has 3 atom stereocenters. The van der Waals surface area contributed by atoms with Crippen LogP contribution in [0.2, 0.25) is 0 Å². The zero-order valence-electron chi connectivity index (χ0n) is 22.9. The van der Waals surface area contributed by atoms with E-state index in [9.17, 15) is 40.7 Å². The Hall–Kier alpha value is -2.61. The van der Waals surface area contributed by atoms with Gasteiger partial charge < -0.3 is 14.7 Å². The van der Waals surface area contributed by atoms with E-state index in [1.54, 1.807) is 20.8 Å². The molecule has 0 aromatic heterocycles. The van der Waals surface area contributed by atoms with Gasteiger partial charge in [-0.05, 0) is 89.0 Å². The van der Waals surface area contributed by atoms with E-state index in [1.807, 2.05) is 6.92 Å². The number of benzene rings is 1. The Morgan fingerprint density at radius 3 is 2.10 bits per heavy atom. The van der Waals surface area contributed by atoms with Crippen LogP contribution in [0.15, 0.2) is 29.2 Å². The summed E-state index contributed by atoms with van der Waals surface area (Å²) < 4.78 is 83.1. The van der Waals surface area contributed by atoms with Crippen LogP contribution < -0.4 is 9.46 Å². The van der Waals surface area contributed by atoms with Gasteiger partial charge in [0.05, 0.1) is 11.4 Å². The lowest BCUT2D eigenvalue weighted by atomic mass is 9.75. The summed E-state index contributed by atoms with van der Waals surface area (Å²) in [5.74, 6) is -1.47. The largest absolute Gasteiger partial charge is 0.573 e. The lowest BCUT2D eigenvalue weighted by molar-refractivity contribution is -0.274. The number of rotatable bonds is 8. The number of hydrogen-bond donors (Lipinski definition) is 2. The summed E-state index contributed by atoms with van der Waals surface area (Å²) in [6, 6.07) is 2.43. The molecule has 9 nitrogen and oxygen atoms in total. The molecule has 2 N–H and O–H groups in total. The second kappa shape index (κ2) is 12.1. The van der Waals surface area contributed by atoms with Gasteiger partial charge >= 0.3 is 12.5 Å². The van der Waals surface area contributed by atoms with Crippen LogP contribution in [0, 0.1) is 11.8 Å². The second-order valence-electron chi connectivity index (χ2n) is 11.5. The van der Waals surface area contributed by atoms with Gasteiger partial charge in [-0.1, -0.05) is 6.92 Å². The molecule has 1 aromatic rings. The lowest BCUT2D eigenvalue weighted by Gasteiger charge is -2.45. The standard InChI is InChI=1S/C26H37F4N3O6S/c1-16(22(33(24(35)36)25(2,3)4)23(34)32-14-13-18(27)15-32)17-5-7-19(8-6-17)31-40(37,38)21-11-9-20(10-12-21)39-26(28,29)30/h9-12,16-19,22,31H,5-8,13-15H2,1-4H3,(H,35,36)/t16-,17?,18-,19?,22-/m0/s1. The molecule has 1 heterocycles. The fourth-order valence-electron chi connectivity index (χ4n) is 5.63. The molecular weight excluding hydrogens is 558 g/mol. The number of nitrogens with one attached hydrogen (secondary N) is 1. The molecule has 40 heavy (non-hydrogen) atoms. The molecule has 1 aliphatic heterocycles. The molecule has 3 rings (SSSR count). The van der Waals surface area contributed by atoms with Crippen LogP contribution in [0.25, 0.3) is 0 Å². The third-order valence-electron chi connectivity index (χ3n) is 7.61. The first kappa shape index (κ1) is 31.9. The molecule has 2 amide bonds. The number of carbonyl (C=O) groups excluding carboxylic acids is 1. The Morgan fingerprint density at radius 1 is 1.07 bits per heavy atom. The lowest BCUT2D eigenvalue weighted by Crippen LogP contribution is -2.60. The van der Waals surface area contributed by atoms with Crippen molar-refractivity contribution in [2.75, 3.05) is 13.1 Å². The number of carbonyl (C=O) groups is 2. The van der Waals surface area contributed by atoms with Gasteiger partial charge in [-0.15, -0.1) is 13.2 Å². The normalized spacial score (nSPS) is 23.9. The molecule has 2 aliphatic rings. The van der Waals surface area contributed by atoms with E-state index in [4.69, 9.17) is 0 Å². The van der Waals surface area contributed by atoms with Crippen LogP contribution in [0.5, 0.6) is 5.75 Å². The molecule has 1 aliphatic carbocycles. The highest BCUT2D eigenvalue weighted by Crippen LogP contribution is 2.37. The Bertz CT molecular complexity index is 1150. The zero-order chi connectivity index (χ0) is 30.0. The molecule has 0 bridgehead atoms.